The Labute approximate surface area is 168 Å². The molecule has 2 atom stereocenters. The van der Waals surface area contributed by atoms with Gasteiger partial charge in [-0.2, -0.15) is 0 Å². The third-order valence-corrected chi connectivity index (χ3v) is 7.89. The van der Waals surface area contributed by atoms with Gasteiger partial charge in [-0.25, -0.2) is 12.8 Å². The molecule has 156 valence electrons. The highest BCUT2D eigenvalue weighted by molar-refractivity contribution is 7.90. The molecule has 0 aromatic heterocycles. The van der Waals surface area contributed by atoms with Gasteiger partial charge in [0.2, 0.25) is 0 Å². The van der Waals surface area contributed by atoms with E-state index in [1.807, 2.05) is 4.90 Å². The number of piperidine rings is 2. The van der Waals surface area contributed by atoms with E-state index in [2.05, 4.69) is 9.80 Å². The Hall–Kier alpha value is -1.18. The lowest BCUT2D eigenvalue weighted by molar-refractivity contribution is 0.0394. The molecule has 0 spiro atoms. The first-order valence-corrected chi connectivity index (χ1v) is 12.5. The average Bonchev–Trinajstić information content (AvgIpc) is 2.68. The minimum absolute atomic E-state index is 0.0433. The molecule has 0 N–H and O–H groups in total. The fraction of sp³-hybridized carbons (Fsp3) is 0.714. The van der Waals surface area contributed by atoms with Crippen LogP contribution in [0.25, 0.3) is 0 Å². The molecule has 1 aromatic carbocycles. The van der Waals surface area contributed by atoms with Crippen LogP contribution in [0.4, 0.5) is 10.1 Å². The van der Waals surface area contributed by atoms with E-state index in [1.54, 1.807) is 6.07 Å². The van der Waals surface area contributed by atoms with Gasteiger partial charge in [0, 0.05) is 45.0 Å². The number of hydrogen-bond acceptors (Lipinski definition) is 5. The van der Waals surface area contributed by atoms with Gasteiger partial charge in [0.1, 0.15) is 5.82 Å². The topological polar surface area (TPSA) is 43.9 Å². The van der Waals surface area contributed by atoms with Gasteiger partial charge in [0.25, 0.3) is 0 Å². The first-order chi connectivity index (χ1) is 13.4. The van der Waals surface area contributed by atoms with Gasteiger partial charge in [-0.1, -0.05) is 6.42 Å². The van der Waals surface area contributed by atoms with Crippen molar-refractivity contribution < 1.29 is 12.8 Å². The minimum atomic E-state index is -3.38. The lowest BCUT2D eigenvalue weighted by atomic mass is 9.83. The molecule has 0 bridgehead atoms. The van der Waals surface area contributed by atoms with Gasteiger partial charge in [0.15, 0.2) is 9.84 Å². The molecule has 3 saturated heterocycles. The van der Waals surface area contributed by atoms with Crippen molar-refractivity contribution in [3.63, 3.8) is 0 Å². The van der Waals surface area contributed by atoms with Crippen LogP contribution >= 0.6 is 0 Å². The lowest BCUT2D eigenvalue weighted by Crippen LogP contribution is -2.54. The summed E-state index contributed by atoms with van der Waals surface area (Å²) in [5.41, 5.74) is 0.517. The molecular weight excluding hydrogens is 377 g/mol. The monoisotopic (exact) mass is 409 g/mol. The molecule has 28 heavy (non-hydrogen) atoms. The van der Waals surface area contributed by atoms with Crippen molar-refractivity contribution in [2.75, 3.05) is 57.0 Å². The number of hydrogen-bond donors (Lipinski definition) is 0. The Morgan fingerprint density at radius 2 is 1.75 bits per heavy atom. The number of halogens is 1. The SMILES string of the molecule is CS(=O)(=O)c1ccc(N2CCN(C[C@@H]3CCCN4CCCC[C@H]34)CC2)c(F)c1. The van der Waals surface area contributed by atoms with E-state index in [9.17, 15) is 12.8 Å². The number of anilines is 1. The molecule has 3 aliphatic heterocycles. The van der Waals surface area contributed by atoms with Crippen molar-refractivity contribution in [3.8, 4) is 0 Å². The van der Waals surface area contributed by atoms with E-state index in [1.165, 1.54) is 51.3 Å². The predicted molar refractivity (Wildman–Crippen MR) is 110 cm³/mol. The zero-order valence-electron chi connectivity index (χ0n) is 16.8. The molecule has 4 rings (SSSR count). The van der Waals surface area contributed by atoms with Crippen molar-refractivity contribution in [2.45, 2.75) is 43.0 Å². The molecule has 3 fully saturated rings. The zero-order chi connectivity index (χ0) is 19.7. The molecule has 7 heteroatoms. The molecule has 1 aromatic rings. The Balaban J connectivity index is 1.35. The molecular formula is C21H32FN3O2S. The predicted octanol–water partition coefficient (Wildman–Crippen LogP) is 2.62. The Kier molecular flexibility index (Phi) is 5.95. The van der Waals surface area contributed by atoms with Crippen LogP contribution in [0.3, 0.4) is 0 Å². The van der Waals surface area contributed by atoms with Crippen molar-refractivity contribution in [1.29, 1.82) is 0 Å². The Morgan fingerprint density at radius 1 is 1.00 bits per heavy atom. The number of fused-ring (bicyclic) bond motifs is 1. The Bertz CT molecular complexity index is 791. The second-order valence-electron chi connectivity index (χ2n) is 8.67. The lowest BCUT2D eigenvalue weighted by Gasteiger charge is -2.46. The van der Waals surface area contributed by atoms with E-state index in [-0.39, 0.29) is 4.90 Å². The standard InChI is InChI=1S/C21H32FN3O2S/c1-28(26,27)18-7-8-21(19(22)15-18)25-13-11-23(12-14-25)16-17-5-4-10-24-9-3-2-6-20(17)24/h7-8,15,17,20H,2-6,9-14,16H2,1H3/t17-,20+/m0/s1. The summed E-state index contributed by atoms with van der Waals surface area (Å²) < 4.78 is 37.7. The van der Waals surface area contributed by atoms with Crippen molar-refractivity contribution in [2.24, 2.45) is 5.92 Å². The molecule has 0 radical (unpaired) electrons. The second-order valence-corrected chi connectivity index (χ2v) is 10.7. The highest BCUT2D eigenvalue weighted by atomic mass is 32.2. The normalized spacial score (nSPS) is 27.6. The van der Waals surface area contributed by atoms with Crippen LogP contribution < -0.4 is 4.90 Å². The molecule has 0 aliphatic carbocycles. The molecule has 0 unspecified atom stereocenters. The van der Waals surface area contributed by atoms with Crippen molar-refractivity contribution in [1.82, 2.24) is 9.80 Å². The van der Waals surface area contributed by atoms with Crippen molar-refractivity contribution >= 4 is 15.5 Å². The number of benzene rings is 1. The van der Waals surface area contributed by atoms with Crippen LogP contribution in [0, 0.1) is 11.7 Å². The molecule has 0 saturated carbocycles. The summed E-state index contributed by atoms with van der Waals surface area (Å²) in [5, 5.41) is 0. The molecule has 3 heterocycles. The summed E-state index contributed by atoms with van der Waals surface area (Å²) in [6, 6.07) is 5.04. The minimum Gasteiger partial charge on any atom is -0.367 e. The first-order valence-electron chi connectivity index (χ1n) is 10.6. The maximum Gasteiger partial charge on any atom is 0.175 e. The quantitative estimate of drug-likeness (QED) is 0.765. The summed E-state index contributed by atoms with van der Waals surface area (Å²) in [7, 11) is -3.38. The van der Waals surface area contributed by atoms with Gasteiger partial charge in [-0.05, 0) is 62.9 Å². The van der Waals surface area contributed by atoms with E-state index in [0.717, 1.165) is 57.0 Å². The first kappa shape index (κ1) is 20.1. The summed E-state index contributed by atoms with van der Waals surface area (Å²) in [5.74, 6) is 0.327. The average molecular weight is 410 g/mol. The summed E-state index contributed by atoms with van der Waals surface area (Å²) in [4.78, 5) is 7.35. The van der Waals surface area contributed by atoms with Crippen LogP contribution in [0.2, 0.25) is 0 Å². The highest BCUT2D eigenvalue weighted by Crippen LogP contribution is 2.32. The maximum atomic E-state index is 14.5. The van der Waals surface area contributed by atoms with Crippen LogP contribution in [0.5, 0.6) is 0 Å². The number of rotatable bonds is 4. The van der Waals surface area contributed by atoms with Gasteiger partial charge < -0.3 is 9.80 Å². The van der Waals surface area contributed by atoms with E-state index < -0.39 is 15.7 Å². The summed E-state index contributed by atoms with van der Waals surface area (Å²) in [6.45, 7) is 7.17. The number of piperazine rings is 1. The van der Waals surface area contributed by atoms with Gasteiger partial charge in [-0.15, -0.1) is 0 Å². The summed E-state index contributed by atoms with van der Waals surface area (Å²) >= 11 is 0. The fourth-order valence-electron chi connectivity index (χ4n) is 5.27. The van der Waals surface area contributed by atoms with Gasteiger partial charge in [0.05, 0.1) is 10.6 Å². The third kappa shape index (κ3) is 4.36. The second kappa shape index (κ2) is 8.28. The van der Waals surface area contributed by atoms with Crippen LogP contribution in [0.15, 0.2) is 23.1 Å². The molecule has 5 nitrogen and oxygen atoms in total. The van der Waals surface area contributed by atoms with Crippen LogP contribution in [-0.4, -0.2) is 76.3 Å². The number of nitrogens with zero attached hydrogens (tertiary/aromatic N) is 3. The molecule has 0 amide bonds. The largest absolute Gasteiger partial charge is 0.367 e. The number of sulfone groups is 1. The highest BCUT2D eigenvalue weighted by Gasteiger charge is 2.34. The third-order valence-electron chi connectivity index (χ3n) is 6.78. The maximum absolute atomic E-state index is 14.5. The Morgan fingerprint density at radius 3 is 2.46 bits per heavy atom. The smallest absolute Gasteiger partial charge is 0.175 e. The van der Waals surface area contributed by atoms with E-state index in [4.69, 9.17) is 0 Å². The van der Waals surface area contributed by atoms with Crippen LogP contribution in [0.1, 0.15) is 32.1 Å². The van der Waals surface area contributed by atoms with E-state index >= 15 is 0 Å². The molecule has 3 aliphatic rings. The van der Waals surface area contributed by atoms with Gasteiger partial charge in [-0.3, -0.25) is 4.90 Å². The fourth-order valence-corrected chi connectivity index (χ4v) is 5.90. The summed E-state index contributed by atoms with van der Waals surface area (Å²) in [6.07, 6.45) is 7.84. The van der Waals surface area contributed by atoms with E-state index in [0.29, 0.717) is 5.69 Å². The van der Waals surface area contributed by atoms with Crippen molar-refractivity contribution in [3.05, 3.63) is 24.0 Å². The van der Waals surface area contributed by atoms with Gasteiger partial charge >= 0.3 is 0 Å². The van der Waals surface area contributed by atoms with Crippen LogP contribution in [-0.2, 0) is 9.84 Å². The zero-order valence-corrected chi connectivity index (χ0v) is 17.6.